The molecule has 2 aliphatic rings. The van der Waals surface area contributed by atoms with Crippen molar-refractivity contribution in [3.05, 3.63) is 29.8 Å². The van der Waals surface area contributed by atoms with Gasteiger partial charge in [-0.25, -0.2) is 8.42 Å². The molecular formula is C20H28N2O4S. The van der Waals surface area contributed by atoms with Crippen LogP contribution in [0.15, 0.2) is 24.3 Å². The fourth-order valence-electron chi connectivity index (χ4n) is 3.79. The van der Waals surface area contributed by atoms with E-state index in [2.05, 4.69) is 5.32 Å². The van der Waals surface area contributed by atoms with Gasteiger partial charge in [0, 0.05) is 31.6 Å². The molecule has 0 saturated carbocycles. The molecule has 0 spiro atoms. The topological polar surface area (TPSA) is 83.5 Å². The molecule has 2 heterocycles. The first kappa shape index (κ1) is 19.9. The van der Waals surface area contributed by atoms with Crippen LogP contribution in [0.25, 0.3) is 0 Å². The van der Waals surface area contributed by atoms with Crippen molar-refractivity contribution in [3.63, 3.8) is 0 Å². The van der Waals surface area contributed by atoms with Crippen molar-refractivity contribution < 1.29 is 18.0 Å². The van der Waals surface area contributed by atoms with E-state index in [1.54, 1.807) is 0 Å². The van der Waals surface area contributed by atoms with Crippen LogP contribution in [0.4, 0.5) is 5.69 Å². The van der Waals surface area contributed by atoms with Crippen molar-refractivity contribution >= 4 is 27.3 Å². The molecule has 0 bridgehead atoms. The van der Waals surface area contributed by atoms with Crippen LogP contribution in [0, 0.1) is 5.92 Å². The highest BCUT2D eigenvalue weighted by Crippen LogP contribution is 2.23. The standard InChI is InChI=1S/C20H28N2O4S/c23-19(9-5-17-11-14-27(25,26)15-17)21-18-7-3-16(4-8-18)6-10-20(24)22-12-1-2-13-22/h3-4,7-8,17H,1-2,5-6,9-15H2,(H,21,23). The molecule has 7 heteroatoms. The van der Waals surface area contributed by atoms with E-state index < -0.39 is 9.84 Å². The molecule has 27 heavy (non-hydrogen) atoms. The normalized spacial score (nSPS) is 21.3. The van der Waals surface area contributed by atoms with Crippen molar-refractivity contribution in [1.82, 2.24) is 4.90 Å². The molecule has 1 atom stereocenters. The monoisotopic (exact) mass is 392 g/mol. The number of likely N-dealkylation sites (tertiary alicyclic amines) is 1. The quantitative estimate of drug-likeness (QED) is 0.772. The van der Waals surface area contributed by atoms with Crippen LogP contribution in [0.2, 0.25) is 0 Å². The summed E-state index contributed by atoms with van der Waals surface area (Å²) in [7, 11) is -2.88. The lowest BCUT2D eigenvalue weighted by Crippen LogP contribution is -2.27. The van der Waals surface area contributed by atoms with E-state index in [1.165, 1.54) is 0 Å². The van der Waals surface area contributed by atoms with Crippen LogP contribution in [0.3, 0.4) is 0 Å². The molecule has 0 aliphatic carbocycles. The minimum absolute atomic E-state index is 0.0868. The number of nitrogens with zero attached hydrogens (tertiary/aromatic N) is 1. The van der Waals surface area contributed by atoms with Gasteiger partial charge in [-0.1, -0.05) is 12.1 Å². The largest absolute Gasteiger partial charge is 0.343 e. The summed E-state index contributed by atoms with van der Waals surface area (Å²) in [6.45, 7) is 1.77. The number of sulfone groups is 1. The second-order valence-corrected chi connectivity index (χ2v) is 9.87. The predicted octanol–water partition coefficient (Wildman–Crippen LogP) is 2.40. The Kier molecular flexibility index (Phi) is 6.52. The highest BCUT2D eigenvalue weighted by atomic mass is 32.2. The van der Waals surface area contributed by atoms with Crippen molar-refractivity contribution in [2.24, 2.45) is 5.92 Å². The molecule has 2 fully saturated rings. The third kappa shape index (κ3) is 6.06. The molecule has 1 aromatic carbocycles. The van der Waals surface area contributed by atoms with E-state index in [0.717, 1.165) is 37.2 Å². The lowest BCUT2D eigenvalue weighted by Gasteiger charge is -2.15. The molecule has 0 aromatic heterocycles. The van der Waals surface area contributed by atoms with Crippen molar-refractivity contribution in [2.75, 3.05) is 29.9 Å². The first-order valence-electron chi connectivity index (χ1n) is 9.78. The summed E-state index contributed by atoms with van der Waals surface area (Å²) in [6, 6.07) is 7.59. The zero-order chi connectivity index (χ0) is 19.3. The number of carbonyl (C=O) groups is 2. The van der Waals surface area contributed by atoms with Crippen LogP contribution in [-0.2, 0) is 25.8 Å². The number of hydrogen-bond acceptors (Lipinski definition) is 4. The molecule has 3 rings (SSSR count). The Labute approximate surface area is 161 Å². The molecule has 6 nitrogen and oxygen atoms in total. The summed E-state index contributed by atoms with van der Waals surface area (Å²) in [5.41, 5.74) is 1.81. The average molecular weight is 393 g/mol. The summed E-state index contributed by atoms with van der Waals surface area (Å²) in [5.74, 6) is 0.706. The molecule has 2 amide bonds. The van der Waals surface area contributed by atoms with Gasteiger partial charge in [-0.15, -0.1) is 0 Å². The fraction of sp³-hybridized carbons (Fsp3) is 0.600. The van der Waals surface area contributed by atoms with Gasteiger partial charge in [0.15, 0.2) is 9.84 Å². The third-order valence-electron chi connectivity index (χ3n) is 5.43. The van der Waals surface area contributed by atoms with Crippen molar-refractivity contribution in [2.45, 2.75) is 44.9 Å². The average Bonchev–Trinajstić information content (AvgIpc) is 3.29. The number of carbonyl (C=O) groups excluding carboxylic acids is 2. The van der Waals surface area contributed by atoms with Gasteiger partial charge in [-0.2, -0.15) is 0 Å². The van der Waals surface area contributed by atoms with Crippen LogP contribution in [0.1, 0.15) is 44.1 Å². The smallest absolute Gasteiger partial charge is 0.224 e. The molecule has 2 saturated heterocycles. The van der Waals surface area contributed by atoms with E-state index in [1.807, 2.05) is 29.2 Å². The van der Waals surface area contributed by atoms with E-state index in [4.69, 9.17) is 0 Å². The Balaban J connectivity index is 1.39. The highest BCUT2D eigenvalue weighted by molar-refractivity contribution is 7.91. The Morgan fingerprint density at radius 2 is 1.78 bits per heavy atom. The Bertz CT molecular complexity index is 768. The van der Waals surface area contributed by atoms with Crippen LogP contribution < -0.4 is 5.32 Å². The number of benzene rings is 1. The Hall–Kier alpha value is -1.89. The van der Waals surface area contributed by atoms with Gasteiger partial charge in [-0.05, 0) is 55.7 Å². The number of hydrogen-bond donors (Lipinski definition) is 1. The molecule has 148 valence electrons. The summed E-state index contributed by atoms with van der Waals surface area (Å²) in [4.78, 5) is 26.1. The number of amides is 2. The summed E-state index contributed by atoms with van der Waals surface area (Å²) >= 11 is 0. The van der Waals surface area contributed by atoms with Gasteiger partial charge in [-0.3, -0.25) is 9.59 Å². The fourth-order valence-corrected chi connectivity index (χ4v) is 5.70. The van der Waals surface area contributed by atoms with Gasteiger partial charge >= 0.3 is 0 Å². The van der Waals surface area contributed by atoms with Crippen molar-refractivity contribution in [3.8, 4) is 0 Å². The number of aryl methyl sites for hydroxylation is 1. The zero-order valence-electron chi connectivity index (χ0n) is 15.7. The van der Waals surface area contributed by atoms with Gasteiger partial charge in [0.1, 0.15) is 0 Å². The maximum Gasteiger partial charge on any atom is 0.224 e. The minimum Gasteiger partial charge on any atom is -0.343 e. The first-order valence-corrected chi connectivity index (χ1v) is 11.6. The summed E-state index contributed by atoms with van der Waals surface area (Å²) in [6.07, 6.45) is 5.07. The van der Waals surface area contributed by atoms with Crippen LogP contribution >= 0.6 is 0 Å². The molecular weight excluding hydrogens is 364 g/mol. The maximum absolute atomic E-state index is 12.1. The summed E-state index contributed by atoms with van der Waals surface area (Å²) in [5, 5.41) is 2.86. The Morgan fingerprint density at radius 1 is 1.07 bits per heavy atom. The van der Waals surface area contributed by atoms with Crippen LogP contribution in [0.5, 0.6) is 0 Å². The third-order valence-corrected chi connectivity index (χ3v) is 7.27. The molecule has 0 radical (unpaired) electrons. The van der Waals surface area contributed by atoms with Gasteiger partial charge in [0.25, 0.3) is 0 Å². The number of rotatable bonds is 7. The van der Waals surface area contributed by atoms with Crippen LogP contribution in [-0.4, -0.2) is 49.7 Å². The number of anilines is 1. The zero-order valence-corrected chi connectivity index (χ0v) is 16.5. The van der Waals surface area contributed by atoms with E-state index in [0.29, 0.717) is 32.1 Å². The van der Waals surface area contributed by atoms with Gasteiger partial charge in [0.2, 0.25) is 11.8 Å². The SMILES string of the molecule is O=C(CCC1CCS(=O)(=O)C1)Nc1ccc(CCC(=O)N2CCCC2)cc1. The summed E-state index contributed by atoms with van der Waals surface area (Å²) < 4.78 is 22.9. The van der Waals surface area contributed by atoms with E-state index >= 15 is 0 Å². The molecule has 1 unspecified atom stereocenters. The first-order chi connectivity index (χ1) is 12.9. The highest BCUT2D eigenvalue weighted by Gasteiger charge is 2.27. The molecule has 2 aliphatic heterocycles. The lowest BCUT2D eigenvalue weighted by molar-refractivity contribution is -0.130. The second kappa shape index (κ2) is 8.87. The van der Waals surface area contributed by atoms with E-state index in [-0.39, 0.29) is 29.2 Å². The predicted molar refractivity (Wildman–Crippen MR) is 105 cm³/mol. The second-order valence-electron chi connectivity index (χ2n) is 7.64. The van der Waals surface area contributed by atoms with Crippen molar-refractivity contribution in [1.29, 1.82) is 0 Å². The van der Waals surface area contributed by atoms with Gasteiger partial charge < -0.3 is 10.2 Å². The Morgan fingerprint density at radius 3 is 2.41 bits per heavy atom. The molecule has 1 aromatic rings. The van der Waals surface area contributed by atoms with E-state index in [9.17, 15) is 18.0 Å². The maximum atomic E-state index is 12.1. The minimum atomic E-state index is -2.88. The lowest BCUT2D eigenvalue weighted by atomic mass is 10.0. The number of nitrogens with one attached hydrogen (secondary N) is 1. The van der Waals surface area contributed by atoms with Gasteiger partial charge in [0.05, 0.1) is 11.5 Å². The molecule has 1 N–H and O–H groups in total.